The summed E-state index contributed by atoms with van der Waals surface area (Å²) in [6, 6.07) is 7.52. The molecule has 2 N–H and O–H groups in total. The average Bonchev–Trinajstić information content (AvgIpc) is 2.64. The Morgan fingerprint density at radius 1 is 1.44 bits per heavy atom. The van der Waals surface area contributed by atoms with Gasteiger partial charge in [-0.25, -0.2) is 4.79 Å². The summed E-state index contributed by atoms with van der Waals surface area (Å²) in [5.41, 5.74) is 1.26. The fraction of sp³-hybridized carbons (Fsp3) is 0.462. The van der Waals surface area contributed by atoms with Gasteiger partial charge in [0, 0.05) is 11.7 Å². The van der Waals surface area contributed by atoms with Crippen LogP contribution in [-0.4, -0.2) is 17.1 Å². The molecule has 2 atom stereocenters. The van der Waals surface area contributed by atoms with Gasteiger partial charge in [-0.3, -0.25) is 0 Å². The van der Waals surface area contributed by atoms with Crippen LogP contribution < -0.4 is 5.32 Å². The fourth-order valence-corrected chi connectivity index (χ4v) is 2.32. The summed E-state index contributed by atoms with van der Waals surface area (Å²) >= 11 is 0. The second kappa shape index (κ2) is 4.56. The van der Waals surface area contributed by atoms with Crippen LogP contribution in [0.3, 0.4) is 0 Å². The molecular weight excluding hydrogens is 202 g/mol. The van der Waals surface area contributed by atoms with Crippen molar-refractivity contribution < 1.29 is 9.90 Å². The molecule has 0 bridgehead atoms. The SMILES string of the molecule is CC1CCC(Nc2cccc(C(=O)O)c2)C1. The van der Waals surface area contributed by atoms with E-state index in [9.17, 15) is 4.79 Å². The Morgan fingerprint density at radius 2 is 2.25 bits per heavy atom. The molecule has 2 unspecified atom stereocenters. The summed E-state index contributed by atoms with van der Waals surface area (Å²) in [4.78, 5) is 10.8. The summed E-state index contributed by atoms with van der Waals surface area (Å²) < 4.78 is 0. The highest BCUT2D eigenvalue weighted by Crippen LogP contribution is 2.27. The van der Waals surface area contributed by atoms with E-state index in [0.29, 0.717) is 11.6 Å². The van der Waals surface area contributed by atoms with Crippen LogP contribution in [0.15, 0.2) is 24.3 Å². The number of anilines is 1. The Morgan fingerprint density at radius 3 is 2.88 bits per heavy atom. The number of aromatic carboxylic acids is 1. The maximum atomic E-state index is 10.8. The monoisotopic (exact) mass is 219 g/mol. The van der Waals surface area contributed by atoms with E-state index in [4.69, 9.17) is 5.11 Å². The molecule has 0 saturated heterocycles. The highest BCUT2D eigenvalue weighted by atomic mass is 16.4. The number of carboxylic acids is 1. The number of hydrogen-bond acceptors (Lipinski definition) is 2. The predicted octanol–water partition coefficient (Wildman–Crippen LogP) is 2.99. The number of carboxylic acid groups (broad SMARTS) is 1. The van der Waals surface area contributed by atoms with Gasteiger partial charge in [0.2, 0.25) is 0 Å². The van der Waals surface area contributed by atoms with E-state index in [-0.39, 0.29) is 0 Å². The van der Waals surface area contributed by atoms with E-state index in [1.54, 1.807) is 18.2 Å². The van der Waals surface area contributed by atoms with Crippen molar-refractivity contribution >= 4 is 11.7 Å². The number of nitrogens with one attached hydrogen (secondary N) is 1. The minimum Gasteiger partial charge on any atom is -0.478 e. The fourth-order valence-electron chi connectivity index (χ4n) is 2.32. The molecule has 0 spiro atoms. The van der Waals surface area contributed by atoms with Crippen molar-refractivity contribution in [2.75, 3.05) is 5.32 Å². The molecule has 1 fully saturated rings. The molecule has 3 heteroatoms. The zero-order valence-electron chi connectivity index (χ0n) is 9.44. The lowest BCUT2D eigenvalue weighted by atomic mass is 10.1. The summed E-state index contributed by atoms with van der Waals surface area (Å²) in [5, 5.41) is 12.3. The molecule has 1 aromatic rings. The molecule has 0 heterocycles. The summed E-state index contributed by atoms with van der Waals surface area (Å²) in [6.07, 6.45) is 3.62. The second-order valence-corrected chi connectivity index (χ2v) is 4.65. The third-order valence-corrected chi connectivity index (χ3v) is 3.18. The molecule has 0 aromatic heterocycles. The standard InChI is InChI=1S/C13H17NO2/c1-9-5-6-12(7-9)14-11-4-2-3-10(8-11)13(15)16/h2-4,8-9,12,14H,5-7H2,1H3,(H,15,16). The molecule has 0 aliphatic heterocycles. The van der Waals surface area contributed by atoms with Crippen LogP contribution in [0.1, 0.15) is 36.5 Å². The Kier molecular flexibility index (Phi) is 3.13. The van der Waals surface area contributed by atoms with Crippen molar-refractivity contribution in [3.8, 4) is 0 Å². The smallest absolute Gasteiger partial charge is 0.335 e. The van der Waals surface area contributed by atoms with E-state index in [1.165, 1.54) is 19.3 Å². The highest BCUT2D eigenvalue weighted by Gasteiger charge is 2.20. The average molecular weight is 219 g/mol. The van der Waals surface area contributed by atoms with Crippen LogP contribution in [0, 0.1) is 5.92 Å². The topological polar surface area (TPSA) is 49.3 Å². The summed E-state index contributed by atoms with van der Waals surface area (Å²) in [6.45, 7) is 2.26. The minimum atomic E-state index is -0.872. The largest absolute Gasteiger partial charge is 0.478 e. The zero-order chi connectivity index (χ0) is 11.5. The molecule has 16 heavy (non-hydrogen) atoms. The second-order valence-electron chi connectivity index (χ2n) is 4.65. The number of rotatable bonds is 3. The summed E-state index contributed by atoms with van der Waals surface area (Å²) in [7, 11) is 0. The third kappa shape index (κ3) is 2.54. The van der Waals surface area contributed by atoms with Gasteiger partial charge in [-0.2, -0.15) is 0 Å². The predicted molar refractivity (Wildman–Crippen MR) is 63.8 cm³/mol. The van der Waals surface area contributed by atoms with Gasteiger partial charge in [0.05, 0.1) is 5.56 Å². The molecule has 3 nitrogen and oxygen atoms in total. The molecule has 1 aliphatic carbocycles. The first-order chi connectivity index (χ1) is 7.65. The first-order valence-electron chi connectivity index (χ1n) is 5.75. The lowest BCUT2D eigenvalue weighted by Gasteiger charge is -2.14. The number of benzene rings is 1. The van der Waals surface area contributed by atoms with Crippen LogP contribution in [-0.2, 0) is 0 Å². The molecule has 1 saturated carbocycles. The van der Waals surface area contributed by atoms with Crippen LogP contribution >= 0.6 is 0 Å². The highest BCUT2D eigenvalue weighted by molar-refractivity contribution is 5.88. The lowest BCUT2D eigenvalue weighted by Crippen LogP contribution is -2.15. The lowest BCUT2D eigenvalue weighted by molar-refractivity contribution is 0.0697. The Labute approximate surface area is 95.5 Å². The normalized spacial score (nSPS) is 24.3. The van der Waals surface area contributed by atoms with Gasteiger partial charge in [-0.05, 0) is 43.4 Å². The maximum Gasteiger partial charge on any atom is 0.335 e. The Bertz CT molecular complexity index is 389. The third-order valence-electron chi connectivity index (χ3n) is 3.18. The maximum absolute atomic E-state index is 10.8. The van der Waals surface area contributed by atoms with E-state index in [0.717, 1.165) is 11.6 Å². The van der Waals surface area contributed by atoms with Crippen molar-refractivity contribution in [2.45, 2.75) is 32.2 Å². The van der Waals surface area contributed by atoms with Gasteiger partial charge < -0.3 is 10.4 Å². The molecule has 0 amide bonds. The van der Waals surface area contributed by atoms with E-state index in [1.807, 2.05) is 6.07 Å². The molecular formula is C13H17NO2. The first kappa shape index (κ1) is 11.0. The van der Waals surface area contributed by atoms with Crippen LogP contribution in [0.5, 0.6) is 0 Å². The van der Waals surface area contributed by atoms with Crippen molar-refractivity contribution in [1.82, 2.24) is 0 Å². The first-order valence-corrected chi connectivity index (χ1v) is 5.75. The van der Waals surface area contributed by atoms with Gasteiger partial charge in [-0.1, -0.05) is 13.0 Å². The van der Waals surface area contributed by atoms with Crippen molar-refractivity contribution in [3.63, 3.8) is 0 Å². The van der Waals surface area contributed by atoms with Crippen molar-refractivity contribution in [3.05, 3.63) is 29.8 Å². The van der Waals surface area contributed by atoms with Crippen molar-refractivity contribution in [2.24, 2.45) is 5.92 Å². The Hall–Kier alpha value is -1.51. The molecule has 0 radical (unpaired) electrons. The van der Waals surface area contributed by atoms with Gasteiger partial charge in [0.1, 0.15) is 0 Å². The van der Waals surface area contributed by atoms with E-state index < -0.39 is 5.97 Å². The van der Waals surface area contributed by atoms with Crippen LogP contribution in [0.25, 0.3) is 0 Å². The quantitative estimate of drug-likeness (QED) is 0.821. The van der Waals surface area contributed by atoms with Gasteiger partial charge in [0.15, 0.2) is 0 Å². The molecule has 1 aromatic carbocycles. The van der Waals surface area contributed by atoms with E-state index >= 15 is 0 Å². The molecule has 1 aliphatic rings. The molecule has 2 rings (SSSR count). The molecule has 86 valence electrons. The number of carbonyl (C=O) groups is 1. The zero-order valence-corrected chi connectivity index (χ0v) is 9.44. The van der Waals surface area contributed by atoms with Gasteiger partial charge in [-0.15, -0.1) is 0 Å². The minimum absolute atomic E-state index is 0.344. The summed E-state index contributed by atoms with van der Waals surface area (Å²) in [5.74, 6) is -0.0939. The number of hydrogen-bond donors (Lipinski definition) is 2. The van der Waals surface area contributed by atoms with Crippen molar-refractivity contribution in [1.29, 1.82) is 0 Å². The Balaban J connectivity index is 2.04. The van der Waals surface area contributed by atoms with Crippen LogP contribution in [0.4, 0.5) is 5.69 Å². The van der Waals surface area contributed by atoms with Gasteiger partial charge >= 0.3 is 5.97 Å². The van der Waals surface area contributed by atoms with E-state index in [2.05, 4.69) is 12.2 Å². The van der Waals surface area contributed by atoms with Gasteiger partial charge in [0.25, 0.3) is 0 Å². The van der Waals surface area contributed by atoms with Crippen LogP contribution in [0.2, 0.25) is 0 Å².